The molecule has 0 amide bonds. The van der Waals surface area contributed by atoms with Gasteiger partial charge in [0.2, 0.25) is 0 Å². The molecule has 2 unspecified atom stereocenters. The van der Waals surface area contributed by atoms with Crippen LogP contribution in [0.4, 0.5) is 0 Å². The first kappa shape index (κ1) is 17.9. The van der Waals surface area contributed by atoms with E-state index in [9.17, 15) is 5.11 Å². The van der Waals surface area contributed by atoms with Crippen molar-refractivity contribution in [2.75, 3.05) is 13.7 Å². The van der Waals surface area contributed by atoms with E-state index < -0.39 is 0 Å². The second kappa shape index (κ2) is 7.24. The Morgan fingerprint density at radius 1 is 1.23 bits per heavy atom. The molecule has 0 bridgehead atoms. The van der Waals surface area contributed by atoms with Gasteiger partial charge >= 0.3 is 0 Å². The quantitative estimate of drug-likeness (QED) is 0.891. The zero-order chi connectivity index (χ0) is 18.1. The van der Waals surface area contributed by atoms with E-state index in [1.165, 1.54) is 0 Å². The molecule has 1 aromatic carbocycles. The Balaban J connectivity index is 1.48. The number of aliphatic hydroxyl groups excluding tert-OH is 1. The lowest BCUT2D eigenvalue weighted by Crippen LogP contribution is -2.51. The first-order valence-corrected chi connectivity index (χ1v) is 9.51. The molecule has 3 atom stereocenters. The molecule has 4 rings (SSSR count). The maximum atomic E-state index is 10.1. The Bertz CT molecular complexity index is 753. The number of hydrogen-bond donors (Lipinski definition) is 1. The van der Waals surface area contributed by atoms with E-state index in [1.807, 2.05) is 36.7 Å². The number of ether oxygens (including phenoxy) is 1. The van der Waals surface area contributed by atoms with Gasteiger partial charge in [0.25, 0.3) is 0 Å². The van der Waals surface area contributed by atoms with Crippen LogP contribution in [0.1, 0.15) is 31.2 Å². The van der Waals surface area contributed by atoms with Crippen molar-refractivity contribution in [3.63, 3.8) is 0 Å². The molecule has 5 nitrogen and oxygen atoms in total. The molecule has 2 aliphatic rings. The highest BCUT2D eigenvalue weighted by molar-refractivity contribution is 6.30. The predicted molar refractivity (Wildman–Crippen MR) is 101 cm³/mol. The topological polar surface area (TPSA) is 58.5 Å². The number of aliphatic hydroxyl groups is 1. The van der Waals surface area contributed by atoms with E-state index in [0.717, 1.165) is 49.9 Å². The monoisotopic (exact) mass is 373 g/mol. The van der Waals surface area contributed by atoms with Gasteiger partial charge in [0.1, 0.15) is 0 Å². The first-order chi connectivity index (χ1) is 12.6. The molecule has 1 saturated heterocycles. The van der Waals surface area contributed by atoms with Crippen LogP contribution in [0.15, 0.2) is 36.7 Å². The Morgan fingerprint density at radius 2 is 1.96 bits per heavy atom. The maximum Gasteiger partial charge on any atom is 0.159 e. The third-order valence-corrected chi connectivity index (χ3v) is 6.12. The average molecular weight is 374 g/mol. The number of methoxy groups -OCH3 is 1. The minimum atomic E-state index is -0.229. The second-order valence-electron chi connectivity index (χ2n) is 7.36. The van der Waals surface area contributed by atoms with E-state index in [4.69, 9.17) is 16.3 Å². The second-order valence-corrected chi connectivity index (χ2v) is 7.79. The summed E-state index contributed by atoms with van der Waals surface area (Å²) in [6, 6.07) is 7.79. The number of benzene rings is 1. The Hall–Kier alpha value is -1.53. The lowest BCUT2D eigenvalue weighted by Gasteiger charge is -2.42. The van der Waals surface area contributed by atoms with Crippen LogP contribution in [-0.4, -0.2) is 51.4 Å². The van der Waals surface area contributed by atoms with E-state index in [2.05, 4.69) is 14.9 Å². The summed E-state index contributed by atoms with van der Waals surface area (Å²) in [5.41, 5.74) is 1.93. The first-order valence-electron chi connectivity index (χ1n) is 9.14. The lowest BCUT2D eigenvalue weighted by atomic mass is 9.79. The van der Waals surface area contributed by atoms with Gasteiger partial charge in [-0.3, -0.25) is 4.90 Å². The number of hydrogen-bond acceptors (Lipinski definition) is 5. The molecule has 2 fully saturated rings. The molecule has 0 spiro atoms. The van der Waals surface area contributed by atoms with Crippen molar-refractivity contribution in [3.05, 3.63) is 47.2 Å². The summed E-state index contributed by atoms with van der Waals surface area (Å²) in [5.74, 6) is 0.700. The maximum absolute atomic E-state index is 10.1. The molecule has 26 heavy (non-hydrogen) atoms. The van der Waals surface area contributed by atoms with Gasteiger partial charge in [0.15, 0.2) is 5.82 Å². The fourth-order valence-corrected chi connectivity index (χ4v) is 4.50. The number of halogens is 1. The van der Waals surface area contributed by atoms with Crippen LogP contribution in [0.3, 0.4) is 0 Å². The predicted octanol–water partition coefficient (Wildman–Crippen LogP) is 3.30. The van der Waals surface area contributed by atoms with Crippen LogP contribution >= 0.6 is 11.6 Å². The van der Waals surface area contributed by atoms with Gasteiger partial charge in [-0.1, -0.05) is 11.6 Å². The minimum Gasteiger partial charge on any atom is -0.393 e. The molecule has 6 heteroatoms. The van der Waals surface area contributed by atoms with Crippen LogP contribution in [-0.2, 0) is 11.3 Å². The van der Waals surface area contributed by atoms with Gasteiger partial charge in [-0.25, -0.2) is 9.97 Å². The summed E-state index contributed by atoms with van der Waals surface area (Å²) < 4.78 is 5.91. The number of fused-ring (bicyclic) bond motifs is 1. The van der Waals surface area contributed by atoms with Crippen molar-refractivity contribution in [2.24, 2.45) is 0 Å². The van der Waals surface area contributed by atoms with Crippen molar-refractivity contribution in [2.45, 2.75) is 50.0 Å². The molecule has 1 aromatic heterocycles. The molecule has 1 N–H and O–H groups in total. The van der Waals surface area contributed by atoms with E-state index in [0.29, 0.717) is 10.8 Å². The normalized spacial score (nSPS) is 28.9. The van der Waals surface area contributed by atoms with Gasteiger partial charge in [-0.15, -0.1) is 0 Å². The summed E-state index contributed by atoms with van der Waals surface area (Å²) in [6.07, 6.45) is 7.11. The van der Waals surface area contributed by atoms with Crippen LogP contribution in [0.25, 0.3) is 11.4 Å². The molecule has 1 aliphatic heterocycles. The summed E-state index contributed by atoms with van der Waals surface area (Å²) in [5, 5.41) is 10.8. The van der Waals surface area contributed by atoms with Gasteiger partial charge in [-0.2, -0.15) is 0 Å². The molecule has 2 aromatic rings. The van der Waals surface area contributed by atoms with E-state index in [1.54, 1.807) is 7.11 Å². The summed E-state index contributed by atoms with van der Waals surface area (Å²) in [7, 11) is 1.80. The third kappa shape index (κ3) is 3.37. The molecule has 2 heterocycles. The number of nitrogens with zero attached hydrogens (tertiary/aromatic N) is 3. The molecule has 0 radical (unpaired) electrons. The van der Waals surface area contributed by atoms with Crippen molar-refractivity contribution in [1.29, 1.82) is 0 Å². The summed E-state index contributed by atoms with van der Waals surface area (Å²) in [6.45, 7) is 1.76. The minimum absolute atomic E-state index is 0.108. The number of aromatic nitrogens is 2. The Morgan fingerprint density at radius 3 is 2.65 bits per heavy atom. The van der Waals surface area contributed by atoms with Gasteiger partial charge in [0.05, 0.1) is 11.7 Å². The van der Waals surface area contributed by atoms with Crippen LogP contribution in [0.2, 0.25) is 5.02 Å². The largest absolute Gasteiger partial charge is 0.393 e. The summed E-state index contributed by atoms with van der Waals surface area (Å²) in [4.78, 5) is 11.4. The fraction of sp³-hybridized carbons (Fsp3) is 0.500. The van der Waals surface area contributed by atoms with Crippen LogP contribution in [0.5, 0.6) is 0 Å². The van der Waals surface area contributed by atoms with Gasteiger partial charge < -0.3 is 9.84 Å². The molecule has 1 aliphatic carbocycles. The lowest BCUT2D eigenvalue weighted by molar-refractivity contribution is -0.0879. The van der Waals surface area contributed by atoms with Gasteiger partial charge in [0, 0.05) is 54.8 Å². The number of likely N-dealkylation sites (tertiary alicyclic amines) is 1. The van der Waals surface area contributed by atoms with Gasteiger partial charge in [-0.05, 0) is 49.9 Å². The molecule has 1 saturated carbocycles. The highest BCUT2D eigenvalue weighted by atomic mass is 35.5. The molecule has 138 valence electrons. The van der Waals surface area contributed by atoms with E-state index >= 15 is 0 Å². The highest BCUT2D eigenvalue weighted by Crippen LogP contribution is 2.42. The molecular formula is C20H24ClN3O2. The summed E-state index contributed by atoms with van der Waals surface area (Å²) >= 11 is 5.93. The fourth-order valence-electron chi connectivity index (χ4n) is 4.38. The van der Waals surface area contributed by atoms with E-state index in [-0.39, 0.29) is 17.7 Å². The Kier molecular flexibility index (Phi) is 4.97. The van der Waals surface area contributed by atoms with Crippen LogP contribution < -0.4 is 0 Å². The third-order valence-electron chi connectivity index (χ3n) is 5.87. The number of rotatable bonds is 4. The molecular weight excluding hydrogens is 350 g/mol. The smallest absolute Gasteiger partial charge is 0.159 e. The average Bonchev–Trinajstić information content (AvgIpc) is 3.02. The Labute approximate surface area is 159 Å². The highest BCUT2D eigenvalue weighted by Gasteiger charge is 2.50. The zero-order valence-corrected chi connectivity index (χ0v) is 15.7. The van der Waals surface area contributed by atoms with Crippen LogP contribution in [0, 0.1) is 0 Å². The van der Waals surface area contributed by atoms with Crippen molar-refractivity contribution in [1.82, 2.24) is 14.9 Å². The van der Waals surface area contributed by atoms with Crippen molar-refractivity contribution >= 4 is 11.6 Å². The SMILES string of the molecule is CO[C@@]12CCC(O)CC1N(Cc1cnc(-c3ccc(Cl)cc3)nc1)CC2. The van der Waals surface area contributed by atoms with Crippen molar-refractivity contribution in [3.8, 4) is 11.4 Å². The van der Waals surface area contributed by atoms with Crippen molar-refractivity contribution < 1.29 is 9.84 Å². The zero-order valence-electron chi connectivity index (χ0n) is 14.9. The standard InChI is InChI=1S/C20H24ClN3O2/c1-26-20-7-6-17(25)10-18(20)24(9-8-20)13-14-11-22-19(23-12-14)15-2-4-16(21)5-3-15/h2-5,11-12,17-18,25H,6-10,13H2,1H3/t17?,18?,20-/m1/s1.